The molecule has 0 saturated heterocycles. The molecule has 0 fully saturated rings. The van der Waals surface area contributed by atoms with E-state index in [9.17, 15) is 0 Å². The van der Waals surface area contributed by atoms with Crippen LogP contribution in [0.4, 0.5) is 5.82 Å². The third kappa shape index (κ3) is 4.02. The first-order chi connectivity index (χ1) is 10.0. The van der Waals surface area contributed by atoms with Crippen LogP contribution in [0.2, 0.25) is 0 Å². The lowest BCUT2D eigenvalue weighted by molar-refractivity contribution is 0.180. The SMILES string of the molecule is CNc1nc(Cc2cc(C)cc(C)c2)nc(COC)c1Br. The van der Waals surface area contributed by atoms with E-state index in [1.165, 1.54) is 16.7 Å². The van der Waals surface area contributed by atoms with E-state index in [1.807, 2.05) is 7.05 Å². The second-order valence-corrected chi connectivity index (χ2v) is 5.90. The summed E-state index contributed by atoms with van der Waals surface area (Å²) in [5.74, 6) is 1.58. The number of nitrogens with one attached hydrogen (secondary N) is 1. The van der Waals surface area contributed by atoms with E-state index in [0.717, 1.165) is 21.8 Å². The van der Waals surface area contributed by atoms with Gasteiger partial charge in [0.05, 0.1) is 16.8 Å². The Kier molecular flexibility index (Phi) is 5.31. The molecule has 0 unspecified atom stereocenters. The molecule has 0 aliphatic rings. The fraction of sp³-hybridized carbons (Fsp3) is 0.375. The van der Waals surface area contributed by atoms with E-state index in [2.05, 4.69) is 63.3 Å². The topological polar surface area (TPSA) is 47.0 Å². The second kappa shape index (κ2) is 7.00. The first kappa shape index (κ1) is 15.9. The fourth-order valence-corrected chi connectivity index (χ4v) is 2.87. The van der Waals surface area contributed by atoms with Crippen LogP contribution in [0.1, 0.15) is 28.2 Å². The third-order valence-electron chi connectivity index (χ3n) is 3.13. The molecule has 0 atom stereocenters. The molecule has 0 aliphatic carbocycles. The van der Waals surface area contributed by atoms with Crippen LogP contribution in [0.25, 0.3) is 0 Å². The van der Waals surface area contributed by atoms with Crippen molar-refractivity contribution in [1.82, 2.24) is 9.97 Å². The van der Waals surface area contributed by atoms with Gasteiger partial charge < -0.3 is 10.1 Å². The summed E-state index contributed by atoms with van der Waals surface area (Å²) in [5.41, 5.74) is 4.60. The molecule has 21 heavy (non-hydrogen) atoms. The van der Waals surface area contributed by atoms with Gasteiger partial charge in [-0.3, -0.25) is 0 Å². The van der Waals surface area contributed by atoms with Crippen molar-refractivity contribution < 1.29 is 4.74 Å². The Hall–Kier alpha value is -1.46. The summed E-state index contributed by atoms with van der Waals surface area (Å²) in [6.07, 6.45) is 0.710. The minimum Gasteiger partial charge on any atom is -0.378 e. The van der Waals surface area contributed by atoms with Gasteiger partial charge in [0.25, 0.3) is 0 Å². The molecular weight excluding hydrogens is 330 g/mol. The quantitative estimate of drug-likeness (QED) is 0.895. The van der Waals surface area contributed by atoms with Gasteiger partial charge in [0.15, 0.2) is 0 Å². The molecule has 0 amide bonds. The smallest absolute Gasteiger partial charge is 0.144 e. The highest BCUT2D eigenvalue weighted by Crippen LogP contribution is 2.24. The first-order valence-corrected chi connectivity index (χ1v) is 7.62. The van der Waals surface area contributed by atoms with Crippen LogP contribution in [0.15, 0.2) is 22.7 Å². The van der Waals surface area contributed by atoms with Gasteiger partial charge in [-0.25, -0.2) is 9.97 Å². The number of ether oxygens (including phenoxy) is 1. The van der Waals surface area contributed by atoms with Crippen molar-refractivity contribution in [2.24, 2.45) is 0 Å². The summed E-state index contributed by atoms with van der Waals surface area (Å²) in [6.45, 7) is 4.67. The minimum atomic E-state index is 0.456. The van der Waals surface area contributed by atoms with E-state index >= 15 is 0 Å². The van der Waals surface area contributed by atoms with Crippen molar-refractivity contribution in [2.75, 3.05) is 19.5 Å². The molecule has 4 nitrogen and oxygen atoms in total. The number of anilines is 1. The maximum Gasteiger partial charge on any atom is 0.144 e. The van der Waals surface area contributed by atoms with E-state index in [-0.39, 0.29) is 0 Å². The summed E-state index contributed by atoms with van der Waals surface area (Å²) < 4.78 is 6.06. The van der Waals surface area contributed by atoms with E-state index in [0.29, 0.717) is 13.0 Å². The molecule has 1 heterocycles. The van der Waals surface area contributed by atoms with Crippen molar-refractivity contribution in [3.05, 3.63) is 50.9 Å². The van der Waals surface area contributed by atoms with Crippen molar-refractivity contribution in [2.45, 2.75) is 26.9 Å². The van der Waals surface area contributed by atoms with Gasteiger partial charge in [-0.05, 0) is 35.3 Å². The normalized spacial score (nSPS) is 10.7. The van der Waals surface area contributed by atoms with Crippen molar-refractivity contribution in [1.29, 1.82) is 0 Å². The van der Waals surface area contributed by atoms with Gasteiger partial charge >= 0.3 is 0 Å². The Morgan fingerprint density at radius 2 is 1.81 bits per heavy atom. The number of methoxy groups -OCH3 is 1. The number of rotatable bonds is 5. The Bertz CT molecular complexity index is 623. The average molecular weight is 350 g/mol. The Balaban J connectivity index is 2.36. The summed E-state index contributed by atoms with van der Waals surface area (Å²) in [6, 6.07) is 6.52. The zero-order chi connectivity index (χ0) is 15.4. The zero-order valence-electron chi connectivity index (χ0n) is 12.8. The maximum atomic E-state index is 5.20. The van der Waals surface area contributed by atoms with E-state index < -0.39 is 0 Å². The second-order valence-electron chi connectivity index (χ2n) is 5.10. The van der Waals surface area contributed by atoms with Crippen LogP contribution in [0, 0.1) is 13.8 Å². The molecule has 1 aromatic carbocycles. The van der Waals surface area contributed by atoms with E-state index in [4.69, 9.17) is 4.74 Å². The minimum absolute atomic E-state index is 0.456. The highest BCUT2D eigenvalue weighted by molar-refractivity contribution is 9.10. The number of halogens is 1. The lowest BCUT2D eigenvalue weighted by atomic mass is 10.0. The fourth-order valence-electron chi connectivity index (χ4n) is 2.38. The number of aromatic nitrogens is 2. The molecule has 0 aliphatic heterocycles. The zero-order valence-corrected chi connectivity index (χ0v) is 14.4. The lowest BCUT2D eigenvalue weighted by Gasteiger charge is -2.11. The largest absolute Gasteiger partial charge is 0.378 e. The molecule has 1 N–H and O–H groups in total. The average Bonchev–Trinajstić information content (AvgIpc) is 2.41. The highest BCUT2D eigenvalue weighted by atomic mass is 79.9. The summed E-state index contributed by atoms with van der Waals surface area (Å²) in [7, 11) is 3.52. The van der Waals surface area contributed by atoms with Gasteiger partial charge in [0.2, 0.25) is 0 Å². The number of hydrogen-bond acceptors (Lipinski definition) is 4. The predicted octanol–water partition coefficient (Wildman–Crippen LogP) is 3.63. The van der Waals surface area contributed by atoms with Crippen LogP contribution in [0.3, 0.4) is 0 Å². The number of aryl methyl sites for hydroxylation is 2. The maximum absolute atomic E-state index is 5.20. The van der Waals surface area contributed by atoms with Crippen LogP contribution < -0.4 is 5.32 Å². The molecule has 0 bridgehead atoms. The van der Waals surface area contributed by atoms with Crippen LogP contribution in [-0.2, 0) is 17.8 Å². The third-order valence-corrected chi connectivity index (χ3v) is 3.96. The molecular formula is C16H20BrN3O. The number of hydrogen-bond donors (Lipinski definition) is 1. The molecule has 1 aromatic heterocycles. The highest BCUT2D eigenvalue weighted by Gasteiger charge is 2.12. The van der Waals surface area contributed by atoms with E-state index in [1.54, 1.807) is 7.11 Å². The first-order valence-electron chi connectivity index (χ1n) is 6.82. The molecule has 2 aromatic rings. The molecule has 112 valence electrons. The summed E-state index contributed by atoms with van der Waals surface area (Å²) in [5, 5.41) is 3.09. The van der Waals surface area contributed by atoms with Crippen molar-refractivity contribution in [3.63, 3.8) is 0 Å². The Morgan fingerprint density at radius 1 is 1.14 bits per heavy atom. The molecule has 0 radical (unpaired) electrons. The monoisotopic (exact) mass is 349 g/mol. The van der Waals surface area contributed by atoms with Gasteiger partial charge in [0, 0.05) is 20.6 Å². The van der Waals surface area contributed by atoms with Gasteiger partial charge in [-0.2, -0.15) is 0 Å². The summed E-state index contributed by atoms with van der Waals surface area (Å²) >= 11 is 3.52. The van der Waals surface area contributed by atoms with Gasteiger partial charge in [-0.1, -0.05) is 29.3 Å². The van der Waals surface area contributed by atoms with Crippen LogP contribution in [0.5, 0.6) is 0 Å². The Labute approximate surface area is 134 Å². The molecule has 0 saturated carbocycles. The Morgan fingerprint density at radius 3 is 2.38 bits per heavy atom. The standard InChI is InChI=1S/C16H20BrN3O/c1-10-5-11(2)7-12(6-10)8-14-19-13(9-21-4)15(17)16(18-3)20-14/h5-7H,8-9H2,1-4H3,(H,18,19,20). The van der Waals surface area contributed by atoms with Gasteiger partial charge in [-0.15, -0.1) is 0 Å². The molecule has 5 heteroatoms. The lowest BCUT2D eigenvalue weighted by Crippen LogP contribution is -2.07. The van der Waals surface area contributed by atoms with Gasteiger partial charge in [0.1, 0.15) is 11.6 Å². The summed E-state index contributed by atoms with van der Waals surface area (Å²) in [4.78, 5) is 9.17. The predicted molar refractivity (Wildman–Crippen MR) is 88.7 cm³/mol. The molecule has 2 rings (SSSR count). The van der Waals surface area contributed by atoms with Crippen LogP contribution in [-0.4, -0.2) is 24.1 Å². The van der Waals surface area contributed by atoms with Crippen LogP contribution >= 0.6 is 15.9 Å². The number of benzene rings is 1. The van der Waals surface area contributed by atoms with Crippen molar-refractivity contribution in [3.8, 4) is 0 Å². The van der Waals surface area contributed by atoms with Crippen molar-refractivity contribution >= 4 is 21.7 Å². The molecule has 0 spiro atoms. The number of nitrogens with zero attached hydrogens (tertiary/aromatic N) is 2.